The molecule has 0 aromatic heterocycles. The molecule has 4 N–H and O–H groups in total. The summed E-state index contributed by atoms with van der Waals surface area (Å²) >= 11 is 0. The number of esters is 1. The molecular formula is C20H30O7. The van der Waals surface area contributed by atoms with E-state index in [1.807, 2.05) is 20.8 Å². The van der Waals surface area contributed by atoms with Crippen molar-refractivity contribution in [1.82, 2.24) is 0 Å². The average Bonchev–Trinajstić information content (AvgIpc) is 2.90. The third-order valence-electron chi connectivity index (χ3n) is 9.20. The molecule has 2 saturated heterocycles. The molecule has 7 heteroatoms. The summed E-state index contributed by atoms with van der Waals surface area (Å²) in [7, 11) is 0. The van der Waals surface area contributed by atoms with E-state index in [2.05, 4.69) is 0 Å². The molecule has 0 amide bonds. The summed E-state index contributed by atoms with van der Waals surface area (Å²) in [5, 5.41) is 44.3. The standard InChI is InChI=1S/C20H30O7/c1-8-4-12(21)16(24)18(3)10(8)5-13-19-7-26-20(25,17(18)19)15(23)9(2)11(19)6-14(22)27-13/h8-13,15-17,21,23-25H,4-7H2,1-3H3/t8-,9-,10-,11+,12+,13-,15-,16-,17-,18-,19-,20+/m1/s1. The number of aliphatic hydroxyl groups is 4. The Labute approximate surface area is 158 Å². The lowest BCUT2D eigenvalue weighted by Gasteiger charge is -2.69. The van der Waals surface area contributed by atoms with Crippen LogP contribution in [0.4, 0.5) is 0 Å². The van der Waals surface area contributed by atoms with Gasteiger partial charge in [-0.2, -0.15) is 0 Å². The van der Waals surface area contributed by atoms with Gasteiger partial charge in [0.05, 0.1) is 18.8 Å². The first kappa shape index (κ1) is 18.3. The van der Waals surface area contributed by atoms with Crippen molar-refractivity contribution in [3.05, 3.63) is 0 Å². The summed E-state index contributed by atoms with van der Waals surface area (Å²) in [6, 6.07) is 0. The summed E-state index contributed by atoms with van der Waals surface area (Å²) in [6.07, 6.45) is -2.26. The van der Waals surface area contributed by atoms with Gasteiger partial charge in [0.2, 0.25) is 0 Å². The highest BCUT2D eigenvalue weighted by Crippen LogP contribution is 2.74. The Morgan fingerprint density at radius 1 is 1.07 bits per heavy atom. The molecule has 7 nitrogen and oxygen atoms in total. The quantitative estimate of drug-likeness (QED) is 0.437. The molecule has 5 fully saturated rings. The number of rotatable bonds is 0. The van der Waals surface area contributed by atoms with Gasteiger partial charge in [0.1, 0.15) is 12.2 Å². The topological polar surface area (TPSA) is 116 Å². The van der Waals surface area contributed by atoms with Crippen LogP contribution in [0.2, 0.25) is 0 Å². The van der Waals surface area contributed by atoms with Gasteiger partial charge in [-0.1, -0.05) is 20.8 Å². The second-order valence-electron chi connectivity index (χ2n) is 10.1. The summed E-state index contributed by atoms with van der Waals surface area (Å²) in [5.41, 5.74) is -1.49. The largest absolute Gasteiger partial charge is 0.462 e. The highest BCUT2D eigenvalue weighted by Gasteiger charge is 2.82. The fourth-order valence-electron chi connectivity index (χ4n) is 8.16. The van der Waals surface area contributed by atoms with E-state index in [4.69, 9.17) is 9.47 Å². The molecule has 5 aliphatic rings. The Balaban J connectivity index is 1.74. The molecule has 0 aromatic carbocycles. The van der Waals surface area contributed by atoms with E-state index in [0.29, 0.717) is 12.8 Å². The molecule has 3 aliphatic carbocycles. The minimum absolute atomic E-state index is 0.0561. The normalized spacial score (nSPS) is 64.6. The number of hydrogen-bond acceptors (Lipinski definition) is 7. The maximum atomic E-state index is 12.4. The second-order valence-corrected chi connectivity index (χ2v) is 10.1. The SMILES string of the molecule is C[C@H]1[C@@H](O)[C@]2(O)OC[C@]34[C@H]2[C@@]2(C)[C@H](O)[C@@H](O)C[C@@H](C)[C@H]2C[C@H]3OC(=O)C[C@@H]14. The van der Waals surface area contributed by atoms with Gasteiger partial charge < -0.3 is 29.9 Å². The highest BCUT2D eigenvalue weighted by atomic mass is 16.6. The van der Waals surface area contributed by atoms with Crippen molar-refractivity contribution >= 4 is 5.97 Å². The van der Waals surface area contributed by atoms with Crippen molar-refractivity contribution in [2.24, 2.45) is 40.4 Å². The van der Waals surface area contributed by atoms with Crippen molar-refractivity contribution in [3.8, 4) is 0 Å². The van der Waals surface area contributed by atoms with Crippen LogP contribution < -0.4 is 0 Å². The fourth-order valence-corrected chi connectivity index (χ4v) is 8.16. The first-order chi connectivity index (χ1) is 12.6. The van der Waals surface area contributed by atoms with Gasteiger partial charge in [0.25, 0.3) is 0 Å². The molecule has 12 atom stereocenters. The van der Waals surface area contributed by atoms with E-state index >= 15 is 0 Å². The Hall–Kier alpha value is -0.730. The van der Waals surface area contributed by atoms with Gasteiger partial charge in [-0.25, -0.2) is 0 Å². The van der Waals surface area contributed by atoms with E-state index < -0.39 is 47.0 Å². The van der Waals surface area contributed by atoms with Gasteiger partial charge in [-0.3, -0.25) is 4.79 Å². The Morgan fingerprint density at radius 3 is 2.48 bits per heavy atom. The van der Waals surface area contributed by atoms with Crippen LogP contribution in [-0.4, -0.2) is 63.2 Å². The highest BCUT2D eigenvalue weighted by molar-refractivity contribution is 5.71. The molecule has 0 aromatic rings. The molecule has 2 bridgehead atoms. The van der Waals surface area contributed by atoms with Crippen LogP contribution in [0.1, 0.15) is 40.0 Å². The van der Waals surface area contributed by atoms with Crippen LogP contribution in [0.5, 0.6) is 0 Å². The van der Waals surface area contributed by atoms with Gasteiger partial charge in [-0.15, -0.1) is 0 Å². The molecule has 0 radical (unpaired) electrons. The lowest BCUT2D eigenvalue weighted by atomic mass is 9.37. The van der Waals surface area contributed by atoms with E-state index in [1.165, 1.54) is 0 Å². The van der Waals surface area contributed by atoms with Crippen LogP contribution in [0.3, 0.4) is 0 Å². The first-order valence-corrected chi connectivity index (χ1v) is 10.2. The zero-order valence-electron chi connectivity index (χ0n) is 16.0. The molecule has 27 heavy (non-hydrogen) atoms. The summed E-state index contributed by atoms with van der Waals surface area (Å²) in [4.78, 5) is 12.4. The molecule has 1 spiro atoms. The molecule has 2 aliphatic heterocycles. The van der Waals surface area contributed by atoms with Crippen LogP contribution in [0, 0.1) is 40.4 Å². The smallest absolute Gasteiger partial charge is 0.306 e. The van der Waals surface area contributed by atoms with E-state index in [-0.39, 0.29) is 42.7 Å². The zero-order chi connectivity index (χ0) is 19.5. The molecule has 152 valence electrons. The predicted molar refractivity (Wildman–Crippen MR) is 92.0 cm³/mol. The van der Waals surface area contributed by atoms with Crippen molar-refractivity contribution < 1.29 is 34.7 Å². The van der Waals surface area contributed by atoms with Crippen molar-refractivity contribution in [3.63, 3.8) is 0 Å². The molecule has 2 heterocycles. The molecule has 5 rings (SSSR count). The Morgan fingerprint density at radius 2 is 1.78 bits per heavy atom. The zero-order valence-corrected chi connectivity index (χ0v) is 16.0. The summed E-state index contributed by atoms with van der Waals surface area (Å²) in [6.45, 7) is 6.00. The van der Waals surface area contributed by atoms with Crippen LogP contribution in [0.25, 0.3) is 0 Å². The fraction of sp³-hybridized carbons (Fsp3) is 0.950. The summed E-state index contributed by atoms with van der Waals surface area (Å²) < 4.78 is 11.7. The van der Waals surface area contributed by atoms with Crippen molar-refractivity contribution in [2.75, 3.05) is 6.61 Å². The van der Waals surface area contributed by atoms with Gasteiger partial charge in [0.15, 0.2) is 5.79 Å². The Bertz CT molecular complexity index is 683. The minimum atomic E-state index is -1.82. The lowest BCUT2D eigenvalue weighted by Crippen LogP contribution is -2.76. The minimum Gasteiger partial charge on any atom is -0.462 e. The number of hydrogen-bond donors (Lipinski definition) is 4. The van der Waals surface area contributed by atoms with Crippen molar-refractivity contribution in [1.29, 1.82) is 0 Å². The maximum Gasteiger partial charge on any atom is 0.306 e. The Kier molecular flexibility index (Phi) is 3.56. The van der Waals surface area contributed by atoms with Gasteiger partial charge >= 0.3 is 5.97 Å². The third-order valence-corrected chi connectivity index (χ3v) is 9.20. The number of carbonyl (C=O) groups is 1. The van der Waals surface area contributed by atoms with Gasteiger partial charge in [0, 0.05) is 23.2 Å². The third kappa shape index (κ3) is 1.84. The summed E-state index contributed by atoms with van der Waals surface area (Å²) in [5.74, 6) is -3.18. The number of carbonyl (C=O) groups excluding carboxylic acids is 1. The van der Waals surface area contributed by atoms with Crippen LogP contribution in [-0.2, 0) is 14.3 Å². The monoisotopic (exact) mass is 382 g/mol. The van der Waals surface area contributed by atoms with Gasteiger partial charge in [-0.05, 0) is 36.5 Å². The molecule has 0 unspecified atom stereocenters. The number of ether oxygens (including phenoxy) is 2. The van der Waals surface area contributed by atoms with Crippen LogP contribution >= 0.6 is 0 Å². The lowest BCUT2D eigenvalue weighted by molar-refractivity contribution is -0.348. The van der Waals surface area contributed by atoms with E-state index in [9.17, 15) is 25.2 Å². The number of fused-ring (bicyclic) bond motifs is 1. The molecular weight excluding hydrogens is 352 g/mol. The van der Waals surface area contributed by atoms with E-state index in [0.717, 1.165) is 0 Å². The predicted octanol–water partition coefficient (Wildman–Crippen LogP) is 0.0379. The second kappa shape index (κ2) is 5.25. The average molecular weight is 382 g/mol. The van der Waals surface area contributed by atoms with E-state index in [1.54, 1.807) is 0 Å². The number of aliphatic hydroxyl groups excluding tert-OH is 3. The maximum absolute atomic E-state index is 12.4. The van der Waals surface area contributed by atoms with Crippen molar-refractivity contribution in [2.45, 2.75) is 70.2 Å². The van der Waals surface area contributed by atoms with Crippen LogP contribution in [0.15, 0.2) is 0 Å². The molecule has 3 saturated carbocycles. The first-order valence-electron chi connectivity index (χ1n) is 10.2.